The third-order valence-corrected chi connectivity index (χ3v) is 7.24. The summed E-state index contributed by atoms with van der Waals surface area (Å²) in [6.45, 7) is -0.262. The molecule has 1 saturated heterocycles. The molecular weight excluding hydrogens is 526 g/mol. The second-order valence-corrected chi connectivity index (χ2v) is 10.1. The Morgan fingerprint density at radius 3 is 2.30 bits per heavy atom. The summed E-state index contributed by atoms with van der Waals surface area (Å²) in [5, 5.41) is 21.5. The number of hydrogen-bond acceptors (Lipinski definition) is 10. The number of carbonyl (C=O) groups is 2. The first-order valence-corrected chi connectivity index (χ1v) is 12.5. The van der Waals surface area contributed by atoms with E-state index < -0.39 is 41.7 Å². The highest BCUT2D eigenvalue weighted by atomic mass is 32.2. The van der Waals surface area contributed by atoms with Crippen molar-refractivity contribution in [3.8, 4) is 5.75 Å². The van der Waals surface area contributed by atoms with E-state index in [-0.39, 0.29) is 28.5 Å². The van der Waals surface area contributed by atoms with E-state index in [1.807, 2.05) is 0 Å². The van der Waals surface area contributed by atoms with Crippen molar-refractivity contribution in [1.82, 2.24) is 4.90 Å². The predicted molar refractivity (Wildman–Crippen MR) is 132 cm³/mol. The van der Waals surface area contributed by atoms with Crippen LogP contribution in [0.15, 0.2) is 82.6 Å². The van der Waals surface area contributed by atoms with Gasteiger partial charge in [-0.15, -0.1) is 0 Å². The SMILES string of the molecule is O=C1S/C(=C\c2ccc(OS(=O)(=O)c3cccc([N+](=O)[O-])c3)cc2)C(=O)N1Cc1ccccc1[N+](=O)[O-]. The maximum Gasteiger partial charge on any atom is 0.339 e. The first-order chi connectivity index (χ1) is 17.5. The van der Waals surface area contributed by atoms with Gasteiger partial charge in [-0.3, -0.25) is 34.7 Å². The summed E-state index contributed by atoms with van der Waals surface area (Å²) in [7, 11) is -4.34. The Bertz CT molecular complexity index is 1570. The molecule has 0 bridgehead atoms. The van der Waals surface area contributed by atoms with Crippen LogP contribution in [-0.4, -0.2) is 34.3 Å². The molecule has 12 nitrogen and oxygen atoms in total. The number of para-hydroxylation sites is 1. The van der Waals surface area contributed by atoms with Crippen LogP contribution in [0.5, 0.6) is 5.75 Å². The molecule has 0 atom stereocenters. The van der Waals surface area contributed by atoms with Gasteiger partial charge in [0.15, 0.2) is 0 Å². The quantitative estimate of drug-likeness (QED) is 0.171. The molecule has 0 N–H and O–H groups in total. The first-order valence-electron chi connectivity index (χ1n) is 10.3. The normalized spacial score (nSPS) is 14.7. The molecule has 0 saturated carbocycles. The topological polar surface area (TPSA) is 167 Å². The second kappa shape index (κ2) is 10.2. The molecule has 3 aromatic rings. The largest absolute Gasteiger partial charge is 0.379 e. The third kappa shape index (κ3) is 5.65. The van der Waals surface area contributed by atoms with E-state index in [0.717, 1.165) is 23.1 Å². The van der Waals surface area contributed by atoms with Crippen molar-refractivity contribution in [3.63, 3.8) is 0 Å². The molecule has 0 radical (unpaired) electrons. The fourth-order valence-electron chi connectivity index (χ4n) is 3.33. The fourth-order valence-corrected chi connectivity index (χ4v) is 5.14. The number of nitro benzene ring substituents is 2. The third-order valence-electron chi connectivity index (χ3n) is 5.09. The Kier molecular flexibility index (Phi) is 7.04. The molecule has 1 aliphatic heterocycles. The van der Waals surface area contributed by atoms with E-state index in [9.17, 15) is 38.2 Å². The number of hydrogen-bond donors (Lipinski definition) is 0. The van der Waals surface area contributed by atoms with Gasteiger partial charge in [0.05, 0.1) is 21.3 Å². The number of imide groups is 1. The summed E-state index contributed by atoms with van der Waals surface area (Å²) in [4.78, 5) is 46.6. The summed E-state index contributed by atoms with van der Waals surface area (Å²) in [6, 6.07) is 15.8. The maximum absolute atomic E-state index is 12.8. The minimum atomic E-state index is -4.34. The highest BCUT2D eigenvalue weighted by Crippen LogP contribution is 2.34. The molecule has 0 aliphatic carbocycles. The standard InChI is InChI=1S/C23H15N3O9S2/c27-22-21(36-23(28)24(22)14-16-4-1-2-7-20(16)26(31)32)12-15-8-10-18(11-9-15)35-37(33,34)19-6-3-5-17(13-19)25(29)30/h1-13H,14H2/b21-12-. The van der Waals surface area contributed by atoms with Crippen LogP contribution < -0.4 is 4.18 Å². The molecule has 4 rings (SSSR count). The van der Waals surface area contributed by atoms with E-state index in [0.29, 0.717) is 17.3 Å². The number of non-ortho nitro benzene ring substituents is 1. The number of rotatable bonds is 8. The van der Waals surface area contributed by atoms with Crippen molar-refractivity contribution in [3.05, 3.63) is 109 Å². The molecule has 1 heterocycles. The summed E-state index contributed by atoms with van der Waals surface area (Å²) >= 11 is 0.672. The van der Waals surface area contributed by atoms with Crippen molar-refractivity contribution in [1.29, 1.82) is 0 Å². The van der Waals surface area contributed by atoms with Gasteiger partial charge in [-0.1, -0.05) is 36.4 Å². The van der Waals surface area contributed by atoms with E-state index in [4.69, 9.17) is 4.18 Å². The van der Waals surface area contributed by atoms with Crippen LogP contribution >= 0.6 is 11.8 Å². The van der Waals surface area contributed by atoms with Crippen molar-refractivity contribution in [2.75, 3.05) is 0 Å². The molecule has 2 amide bonds. The predicted octanol–water partition coefficient (Wildman–Crippen LogP) is 4.51. The smallest absolute Gasteiger partial charge is 0.339 e. The van der Waals surface area contributed by atoms with Crippen LogP contribution in [0.4, 0.5) is 16.2 Å². The van der Waals surface area contributed by atoms with Crippen LogP contribution in [-0.2, 0) is 21.5 Å². The van der Waals surface area contributed by atoms with E-state index in [1.165, 1.54) is 54.6 Å². The molecule has 0 unspecified atom stereocenters. The zero-order valence-corrected chi connectivity index (χ0v) is 20.2. The number of nitro groups is 2. The molecule has 37 heavy (non-hydrogen) atoms. The lowest BCUT2D eigenvalue weighted by Crippen LogP contribution is -2.27. The van der Waals surface area contributed by atoms with Crippen LogP contribution in [0.2, 0.25) is 0 Å². The van der Waals surface area contributed by atoms with Gasteiger partial charge in [0, 0.05) is 23.8 Å². The van der Waals surface area contributed by atoms with Crippen molar-refractivity contribution in [2.24, 2.45) is 0 Å². The minimum Gasteiger partial charge on any atom is -0.379 e. The van der Waals surface area contributed by atoms with Gasteiger partial charge in [0.1, 0.15) is 10.6 Å². The summed E-state index contributed by atoms with van der Waals surface area (Å²) in [5.74, 6) is -0.699. The Morgan fingerprint density at radius 2 is 1.62 bits per heavy atom. The van der Waals surface area contributed by atoms with Gasteiger partial charge < -0.3 is 4.18 Å². The van der Waals surface area contributed by atoms with Gasteiger partial charge in [-0.05, 0) is 41.6 Å². The first kappa shape index (κ1) is 25.5. The van der Waals surface area contributed by atoms with E-state index >= 15 is 0 Å². The summed E-state index contributed by atoms with van der Waals surface area (Å²) in [6.07, 6.45) is 1.42. The lowest BCUT2D eigenvalue weighted by Gasteiger charge is -2.12. The Morgan fingerprint density at radius 1 is 0.919 bits per heavy atom. The van der Waals surface area contributed by atoms with E-state index in [1.54, 1.807) is 6.07 Å². The van der Waals surface area contributed by atoms with Crippen molar-refractivity contribution < 1.29 is 32.0 Å². The average molecular weight is 542 g/mol. The van der Waals surface area contributed by atoms with Gasteiger partial charge in [-0.25, -0.2) is 0 Å². The molecule has 3 aromatic carbocycles. The Labute approximate surface area is 213 Å². The number of nitrogens with zero attached hydrogens (tertiary/aromatic N) is 3. The lowest BCUT2D eigenvalue weighted by atomic mass is 10.1. The number of thioether (sulfide) groups is 1. The Balaban J connectivity index is 1.49. The zero-order valence-electron chi connectivity index (χ0n) is 18.5. The van der Waals surface area contributed by atoms with Gasteiger partial charge >= 0.3 is 10.1 Å². The van der Waals surface area contributed by atoms with Crippen LogP contribution in [0.25, 0.3) is 6.08 Å². The van der Waals surface area contributed by atoms with Crippen molar-refractivity contribution in [2.45, 2.75) is 11.4 Å². The number of amides is 2. The van der Waals surface area contributed by atoms with Crippen LogP contribution in [0.3, 0.4) is 0 Å². The van der Waals surface area contributed by atoms with Gasteiger partial charge in [0.2, 0.25) is 0 Å². The minimum absolute atomic E-state index is 0.0758. The Hall–Kier alpha value is -4.56. The molecule has 14 heteroatoms. The number of benzene rings is 3. The van der Waals surface area contributed by atoms with Gasteiger partial charge in [-0.2, -0.15) is 8.42 Å². The summed E-state index contributed by atoms with van der Waals surface area (Å²) < 4.78 is 30.0. The van der Waals surface area contributed by atoms with Gasteiger partial charge in [0.25, 0.3) is 22.5 Å². The van der Waals surface area contributed by atoms with E-state index in [2.05, 4.69) is 0 Å². The monoisotopic (exact) mass is 541 g/mol. The maximum atomic E-state index is 12.8. The van der Waals surface area contributed by atoms with Crippen LogP contribution in [0.1, 0.15) is 11.1 Å². The molecule has 188 valence electrons. The molecule has 0 aromatic heterocycles. The molecule has 0 spiro atoms. The lowest BCUT2D eigenvalue weighted by molar-refractivity contribution is -0.385. The molecular formula is C23H15N3O9S2. The second-order valence-electron chi connectivity index (χ2n) is 7.51. The highest BCUT2D eigenvalue weighted by Gasteiger charge is 2.36. The average Bonchev–Trinajstić information content (AvgIpc) is 3.12. The number of carbonyl (C=O) groups excluding carboxylic acids is 2. The summed E-state index contributed by atoms with van der Waals surface area (Å²) in [5.41, 5.74) is 0.0517. The highest BCUT2D eigenvalue weighted by molar-refractivity contribution is 8.18. The molecule has 1 aliphatic rings. The fraction of sp³-hybridized carbons (Fsp3) is 0.0435. The molecule has 1 fully saturated rings. The van der Waals surface area contributed by atoms with Crippen LogP contribution in [0, 0.1) is 20.2 Å². The zero-order chi connectivity index (χ0) is 26.7. The van der Waals surface area contributed by atoms with Crippen molar-refractivity contribution >= 4 is 50.5 Å².